The standard InChI is InChI=1S/C10H13BrF3NOS/c1-6-4-7(11)9(17-6)8(15)2-3-16-5-10(12,13)14/h4,8H,2-3,5,15H2,1H3. The van der Waals surface area contributed by atoms with Gasteiger partial charge in [-0.3, -0.25) is 0 Å². The van der Waals surface area contributed by atoms with Gasteiger partial charge in [0.1, 0.15) is 6.61 Å². The first-order valence-corrected chi connectivity index (χ1v) is 6.56. The minimum atomic E-state index is -4.27. The van der Waals surface area contributed by atoms with E-state index in [2.05, 4.69) is 20.7 Å². The minimum absolute atomic E-state index is 0.00403. The topological polar surface area (TPSA) is 35.2 Å². The molecule has 0 aliphatic rings. The van der Waals surface area contributed by atoms with Crippen molar-refractivity contribution in [2.45, 2.75) is 25.6 Å². The predicted octanol–water partition coefficient (Wildman–Crippen LogP) is 3.79. The second-order valence-electron chi connectivity index (χ2n) is 3.63. The molecule has 0 amide bonds. The van der Waals surface area contributed by atoms with Crippen LogP contribution in [0, 0.1) is 6.92 Å². The van der Waals surface area contributed by atoms with Gasteiger partial charge < -0.3 is 10.5 Å². The van der Waals surface area contributed by atoms with Gasteiger partial charge in [-0.25, -0.2) is 0 Å². The molecule has 0 radical (unpaired) electrons. The smallest absolute Gasteiger partial charge is 0.372 e. The van der Waals surface area contributed by atoms with E-state index in [1.807, 2.05) is 13.0 Å². The molecule has 1 atom stereocenters. The molecule has 1 unspecified atom stereocenters. The van der Waals surface area contributed by atoms with Gasteiger partial charge in [0.05, 0.1) is 0 Å². The van der Waals surface area contributed by atoms with Crippen LogP contribution in [0.15, 0.2) is 10.5 Å². The predicted molar refractivity (Wildman–Crippen MR) is 65.2 cm³/mol. The van der Waals surface area contributed by atoms with E-state index in [0.717, 1.165) is 14.2 Å². The molecule has 0 bridgehead atoms. The fourth-order valence-electron chi connectivity index (χ4n) is 1.28. The Hall–Kier alpha value is -0.110. The number of thiophene rings is 1. The van der Waals surface area contributed by atoms with Crippen molar-refractivity contribution in [2.75, 3.05) is 13.2 Å². The third-order valence-electron chi connectivity index (χ3n) is 2.01. The Balaban J connectivity index is 2.35. The molecular formula is C10H13BrF3NOS. The maximum absolute atomic E-state index is 11.8. The molecule has 0 saturated carbocycles. The lowest BCUT2D eigenvalue weighted by Crippen LogP contribution is -2.19. The zero-order chi connectivity index (χ0) is 13.1. The summed E-state index contributed by atoms with van der Waals surface area (Å²) in [6, 6.07) is 1.65. The molecule has 0 aliphatic carbocycles. The van der Waals surface area contributed by atoms with Crippen LogP contribution in [0.25, 0.3) is 0 Å². The van der Waals surface area contributed by atoms with Crippen LogP contribution in [0.5, 0.6) is 0 Å². The van der Waals surface area contributed by atoms with Gasteiger partial charge in [-0.2, -0.15) is 13.2 Å². The van der Waals surface area contributed by atoms with E-state index in [-0.39, 0.29) is 12.6 Å². The van der Waals surface area contributed by atoms with E-state index in [1.54, 1.807) is 0 Å². The van der Waals surface area contributed by atoms with Gasteiger partial charge in [0, 0.05) is 26.9 Å². The highest BCUT2D eigenvalue weighted by Gasteiger charge is 2.27. The van der Waals surface area contributed by atoms with Crippen molar-refractivity contribution in [3.8, 4) is 0 Å². The van der Waals surface area contributed by atoms with Gasteiger partial charge in [-0.05, 0) is 35.3 Å². The molecular weight excluding hydrogens is 319 g/mol. The maximum Gasteiger partial charge on any atom is 0.411 e. The Morgan fingerprint density at radius 2 is 2.18 bits per heavy atom. The Morgan fingerprint density at radius 3 is 2.65 bits per heavy atom. The lowest BCUT2D eigenvalue weighted by atomic mass is 10.2. The second-order valence-corrected chi connectivity index (χ2v) is 5.77. The number of hydrogen-bond donors (Lipinski definition) is 1. The highest BCUT2D eigenvalue weighted by molar-refractivity contribution is 9.10. The SMILES string of the molecule is Cc1cc(Br)c(C(N)CCOCC(F)(F)F)s1. The number of nitrogens with two attached hydrogens (primary N) is 1. The summed E-state index contributed by atoms with van der Waals surface area (Å²) >= 11 is 4.90. The fourth-order valence-corrected chi connectivity index (χ4v) is 3.26. The average molecular weight is 332 g/mol. The normalized spacial score (nSPS) is 14.0. The largest absolute Gasteiger partial charge is 0.411 e. The fraction of sp³-hybridized carbons (Fsp3) is 0.600. The van der Waals surface area contributed by atoms with Gasteiger partial charge in [-0.15, -0.1) is 11.3 Å². The molecule has 1 aromatic heterocycles. The minimum Gasteiger partial charge on any atom is -0.372 e. The van der Waals surface area contributed by atoms with Gasteiger partial charge in [-0.1, -0.05) is 0 Å². The van der Waals surface area contributed by atoms with Crippen LogP contribution in [0.3, 0.4) is 0 Å². The van der Waals surface area contributed by atoms with Crippen molar-refractivity contribution in [2.24, 2.45) is 5.73 Å². The Kier molecular flexibility index (Phi) is 5.43. The number of rotatable bonds is 5. The molecule has 0 fully saturated rings. The lowest BCUT2D eigenvalue weighted by Gasteiger charge is -2.12. The third-order valence-corrected chi connectivity index (χ3v) is 4.11. The molecule has 2 N–H and O–H groups in total. The van der Waals surface area contributed by atoms with Crippen LogP contribution >= 0.6 is 27.3 Å². The van der Waals surface area contributed by atoms with Crippen molar-refractivity contribution in [3.63, 3.8) is 0 Å². The van der Waals surface area contributed by atoms with Crippen LogP contribution in [-0.4, -0.2) is 19.4 Å². The van der Waals surface area contributed by atoms with Gasteiger partial charge in [0.15, 0.2) is 0 Å². The van der Waals surface area contributed by atoms with Crippen LogP contribution < -0.4 is 5.73 Å². The molecule has 1 rings (SSSR count). The van der Waals surface area contributed by atoms with E-state index in [1.165, 1.54) is 11.3 Å². The summed E-state index contributed by atoms with van der Waals surface area (Å²) in [5.41, 5.74) is 5.88. The summed E-state index contributed by atoms with van der Waals surface area (Å²) in [7, 11) is 0. The summed E-state index contributed by atoms with van der Waals surface area (Å²) in [6.45, 7) is 0.736. The molecule has 1 heterocycles. The molecule has 0 spiro atoms. The van der Waals surface area contributed by atoms with Crippen molar-refractivity contribution >= 4 is 27.3 Å². The number of aryl methyl sites for hydroxylation is 1. The zero-order valence-corrected chi connectivity index (χ0v) is 11.6. The van der Waals surface area contributed by atoms with Gasteiger partial charge >= 0.3 is 6.18 Å². The van der Waals surface area contributed by atoms with Crippen molar-refractivity contribution in [1.29, 1.82) is 0 Å². The molecule has 0 aromatic carbocycles. The van der Waals surface area contributed by atoms with Crippen LogP contribution in [0.2, 0.25) is 0 Å². The zero-order valence-electron chi connectivity index (χ0n) is 9.18. The summed E-state index contributed by atoms with van der Waals surface area (Å²) in [6.07, 6.45) is -3.90. The Morgan fingerprint density at radius 1 is 1.53 bits per heavy atom. The van der Waals surface area contributed by atoms with E-state index in [4.69, 9.17) is 5.73 Å². The molecule has 2 nitrogen and oxygen atoms in total. The van der Waals surface area contributed by atoms with Crippen molar-refractivity contribution in [1.82, 2.24) is 0 Å². The van der Waals surface area contributed by atoms with Crippen molar-refractivity contribution in [3.05, 3.63) is 20.3 Å². The number of halogens is 4. The van der Waals surface area contributed by atoms with E-state index >= 15 is 0 Å². The second kappa shape index (κ2) is 6.17. The molecule has 98 valence electrons. The molecule has 0 aliphatic heterocycles. The quantitative estimate of drug-likeness (QED) is 0.833. The summed E-state index contributed by atoms with van der Waals surface area (Å²) in [5.74, 6) is 0. The van der Waals surface area contributed by atoms with Crippen LogP contribution in [0.4, 0.5) is 13.2 Å². The monoisotopic (exact) mass is 331 g/mol. The lowest BCUT2D eigenvalue weighted by molar-refractivity contribution is -0.174. The number of alkyl halides is 3. The summed E-state index contributed by atoms with van der Waals surface area (Å²) in [5, 5.41) is 0. The summed E-state index contributed by atoms with van der Waals surface area (Å²) in [4.78, 5) is 2.05. The first kappa shape index (κ1) is 14.9. The van der Waals surface area contributed by atoms with Crippen molar-refractivity contribution < 1.29 is 17.9 Å². The first-order chi connectivity index (χ1) is 7.79. The van der Waals surface area contributed by atoms with E-state index in [9.17, 15) is 13.2 Å². The highest BCUT2D eigenvalue weighted by Crippen LogP contribution is 2.32. The molecule has 7 heteroatoms. The van der Waals surface area contributed by atoms with Crippen LogP contribution in [-0.2, 0) is 4.74 Å². The maximum atomic E-state index is 11.8. The third kappa shape index (κ3) is 5.37. The van der Waals surface area contributed by atoms with Gasteiger partial charge in [0.25, 0.3) is 0 Å². The number of ether oxygens (including phenoxy) is 1. The Labute approximate surface area is 110 Å². The summed E-state index contributed by atoms with van der Waals surface area (Å²) < 4.78 is 40.9. The molecule has 1 aromatic rings. The van der Waals surface area contributed by atoms with Crippen LogP contribution in [0.1, 0.15) is 22.2 Å². The Bertz CT molecular complexity index is 367. The average Bonchev–Trinajstić information content (AvgIpc) is 2.51. The molecule has 0 saturated heterocycles. The first-order valence-electron chi connectivity index (χ1n) is 4.95. The molecule has 17 heavy (non-hydrogen) atoms. The van der Waals surface area contributed by atoms with E-state index in [0.29, 0.717) is 6.42 Å². The number of hydrogen-bond acceptors (Lipinski definition) is 3. The van der Waals surface area contributed by atoms with E-state index < -0.39 is 12.8 Å². The highest BCUT2D eigenvalue weighted by atomic mass is 79.9. The van der Waals surface area contributed by atoms with Gasteiger partial charge in [0.2, 0.25) is 0 Å².